The number of thioether (sulfide) groups is 1. The average molecular weight is 426 g/mol. The molecule has 0 aliphatic rings. The molecule has 0 spiro atoms. The Hall–Kier alpha value is -3.33. The highest BCUT2D eigenvalue weighted by atomic mass is 32.2. The van der Waals surface area contributed by atoms with Crippen molar-refractivity contribution in [2.75, 3.05) is 24.0 Å². The summed E-state index contributed by atoms with van der Waals surface area (Å²) in [6, 6.07) is 15.0. The number of methoxy groups -OCH3 is 1. The van der Waals surface area contributed by atoms with Crippen LogP contribution < -0.4 is 21.5 Å². The highest BCUT2D eigenvalue weighted by molar-refractivity contribution is 7.99. The van der Waals surface area contributed by atoms with Gasteiger partial charge in [0, 0.05) is 12.1 Å². The van der Waals surface area contributed by atoms with Gasteiger partial charge in [-0.1, -0.05) is 43.0 Å². The van der Waals surface area contributed by atoms with Crippen LogP contribution in [0.25, 0.3) is 0 Å². The minimum absolute atomic E-state index is 0.0542. The van der Waals surface area contributed by atoms with E-state index in [0.29, 0.717) is 12.1 Å². The quantitative estimate of drug-likeness (QED) is 0.420. The molecule has 2 aromatic carbocycles. The number of nitrogens with two attached hydrogens (primary N) is 1. The summed E-state index contributed by atoms with van der Waals surface area (Å²) < 4.78 is 6.05. The third-order valence-electron chi connectivity index (χ3n) is 4.44. The molecule has 0 aliphatic carbocycles. The monoisotopic (exact) mass is 425 g/mol. The summed E-state index contributed by atoms with van der Waals surface area (Å²) in [5.41, 5.74) is 2.57. The molecule has 3 aromatic rings. The number of anilines is 1. The second kappa shape index (κ2) is 9.93. The lowest BCUT2D eigenvalue weighted by atomic mass is 10.1. The molecular weight excluding hydrogens is 402 g/mol. The third-order valence-corrected chi connectivity index (χ3v) is 5.38. The van der Waals surface area contributed by atoms with Crippen molar-refractivity contribution in [3.8, 4) is 5.75 Å². The number of nitrogens with one attached hydrogen (secondary N) is 1. The largest absolute Gasteiger partial charge is 0.497 e. The Morgan fingerprint density at radius 1 is 1.10 bits per heavy atom. The van der Waals surface area contributed by atoms with E-state index in [1.807, 2.05) is 48.5 Å². The van der Waals surface area contributed by atoms with Crippen molar-refractivity contribution in [1.82, 2.24) is 14.9 Å². The maximum absolute atomic E-state index is 12.5. The summed E-state index contributed by atoms with van der Waals surface area (Å²) in [5, 5.41) is 11.0. The number of carbonyl (C=O) groups is 1. The number of hydrogen-bond donors (Lipinski definition) is 2. The topological polar surface area (TPSA) is 112 Å². The SMILES string of the molecule is CCc1ccc(NC(=O)CSc2nnc(Cc3ccc(OC)cc3)c(=O)n2N)cc1. The number of aryl methyl sites for hydroxylation is 1. The van der Waals surface area contributed by atoms with Crippen LogP contribution in [0.1, 0.15) is 23.7 Å². The predicted molar refractivity (Wildman–Crippen MR) is 117 cm³/mol. The van der Waals surface area contributed by atoms with Crippen LogP contribution >= 0.6 is 11.8 Å². The lowest BCUT2D eigenvalue weighted by Gasteiger charge is -2.09. The van der Waals surface area contributed by atoms with Crippen LogP contribution in [0, 0.1) is 0 Å². The molecular formula is C21H23N5O3S. The van der Waals surface area contributed by atoms with Crippen LogP contribution in [0.4, 0.5) is 5.69 Å². The van der Waals surface area contributed by atoms with Gasteiger partial charge in [0.15, 0.2) is 0 Å². The van der Waals surface area contributed by atoms with E-state index in [1.54, 1.807) is 7.11 Å². The molecule has 0 saturated carbocycles. The normalized spacial score (nSPS) is 10.6. The predicted octanol–water partition coefficient (Wildman–Crippen LogP) is 2.24. The van der Waals surface area contributed by atoms with Crippen LogP contribution in [0.3, 0.4) is 0 Å². The van der Waals surface area contributed by atoms with Gasteiger partial charge in [-0.15, -0.1) is 10.2 Å². The highest BCUT2D eigenvalue weighted by Crippen LogP contribution is 2.15. The maximum atomic E-state index is 12.5. The highest BCUT2D eigenvalue weighted by Gasteiger charge is 2.13. The summed E-state index contributed by atoms with van der Waals surface area (Å²) in [6.45, 7) is 2.07. The molecule has 3 rings (SSSR count). The van der Waals surface area contributed by atoms with Crippen LogP contribution in [0.15, 0.2) is 58.5 Å². The number of nitrogens with zero attached hydrogens (tertiary/aromatic N) is 3. The first-order valence-electron chi connectivity index (χ1n) is 9.38. The molecule has 0 radical (unpaired) electrons. The number of hydrogen-bond acceptors (Lipinski definition) is 7. The summed E-state index contributed by atoms with van der Waals surface area (Å²) in [4.78, 5) is 24.7. The molecule has 0 unspecified atom stereocenters. The zero-order valence-corrected chi connectivity index (χ0v) is 17.6. The van der Waals surface area contributed by atoms with Crippen LogP contribution in [-0.2, 0) is 17.6 Å². The number of rotatable bonds is 8. The minimum atomic E-state index is -0.445. The van der Waals surface area contributed by atoms with Gasteiger partial charge >= 0.3 is 0 Å². The molecule has 156 valence electrons. The summed E-state index contributed by atoms with van der Waals surface area (Å²) in [6.07, 6.45) is 1.23. The van der Waals surface area contributed by atoms with E-state index in [1.165, 1.54) is 5.56 Å². The Balaban J connectivity index is 1.61. The van der Waals surface area contributed by atoms with Gasteiger partial charge in [-0.2, -0.15) is 4.68 Å². The second-order valence-corrected chi connectivity index (χ2v) is 7.46. The van der Waals surface area contributed by atoms with Crippen molar-refractivity contribution >= 4 is 23.4 Å². The molecule has 1 heterocycles. The third kappa shape index (κ3) is 5.38. The van der Waals surface area contributed by atoms with Gasteiger partial charge in [-0.3, -0.25) is 9.59 Å². The van der Waals surface area contributed by atoms with Gasteiger partial charge in [-0.05, 0) is 41.8 Å². The molecule has 30 heavy (non-hydrogen) atoms. The zero-order chi connectivity index (χ0) is 21.5. The number of carbonyl (C=O) groups excluding carboxylic acids is 1. The lowest BCUT2D eigenvalue weighted by molar-refractivity contribution is -0.113. The van der Waals surface area contributed by atoms with Crippen molar-refractivity contribution in [3.05, 3.63) is 75.7 Å². The first-order valence-corrected chi connectivity index (χ1v) is 10.4. The van der Waals surface area contributed by atoms with Gasteiger partial charge in [0.1, 0.15) is 11.4 Å². The number of ether oxygens (including phenoxy) is 1. The molecule has 1 aromatic heterocycles. The van der Waals surface area contributed by atoms with Gasteiger partial charge in [-0.25, -0.2) is 0 Å². The molecule has 0 saturated heterocycles. The first-order chi connectivity index (χ1) is 14.5. The summed E-state index contributed by atoms with van der Waals surface area (Å²) in [7, 11) is 1.59. The Bertz CT molecular complexity index is 1070. The molecule has 0 fully saturated rings. The van der Waals surface area contributed by atoms with E-state index in [9.17, 15) is 9.59 Å². The number of benzene rings is 2. The fourth-order valence-electron chi connectivity index (χ4n) is 2.72. The fourth-order valence-corrected chi connectivity index (χ4v) is 3.37. The Morgan fingerprint density at radius 2 is 1.77 bits per heavy atom. The number of amides is 1. The summed E-state index contributed by atoms with van der Waals surface area (Å²) >= 11 is 1.05. The van der Waals surface area contributed by atoms with Crippen LogP contribution in [0.5, 0.6) is 5.75 Å². The molecule has 9 heteroatoms. The number of nitrogen functional groups attached to an aromatic ring is 1. The molecule has 3 N–H and O–H groups in total. The lowest BCUT2D eigenvalue weighted by Crippen LogP contribution is -2.34. The van der Waals surface area contributed by atoms with Crippen molar-refractivity contribution in [2.45, 2.75) is 24.9 Å². The summed E-state index contributed by atoms with van der Waals surface area (Å²) in [5.74, 6) is 6.44. The maximum Gasteiger partial charge on any atom is 0.294 e. The zero-order valence-electron chi connectivity index (χ0n) is 16.8. The van der Waals surface area contributed by atoms with Gasteiger partial charge in [0.25, 0.3) is 5.56 Å². The van der Waals surface area contributed by atoms with Crippen molar-refractivity contribution in [2.24, 2.45) is 0 Å². The van der Waals surface area contributed by atoms with E-state index in [4.69, 9.17) is 10.6 Å². The molecule has 0 bridgehead atoms. The van der Waals surface area contributed by atoms with E-state index in [-0.39, 0.29) is 22.5 Å². The van der Waals surface area contributed by atoms with Crippen LogP contribution in [-0.4, -0.2) is 33.6 Å². The van der Waals surface area contributed by atoms with E-state index in [0.717, 1.165) is 34.2 Å². The van der Waals surface area contributed by atoms with Crippen molar-refractivity contribution in [3.63, 3.8) is 0 Å². The van der Waals surface area contributed by atoms with E-state index < -0.39 is 5.56 Å². The number of aromatic nitrogens is 3. The standard InChI is InChI=1S/C21H23N5O3S/c1-3-14-4-8-16(9-5-14)23-19(27)13-30-21-25-24-18(20(28)26(21)22)12-15-6-10-17(29-2)11-7-15/h4-11H,3,12-13,22H2,1-2H3,(H,23,27). The fraction of sp³-hybridized carbons (Fsp3) is 0.238. The van der Waals surface area contributed by atoms with E-state index >= 15 is 0 Å². The first kappa shape index (κ1) is 21.4. The van der Waals surface area contributed by atoms with Crippen molar-refractivity contribution < 1.29 is 9.53 Å². The Labute approximate surface area is 178 Å². The Kier molecular flexibility index (Phi) is 7.08. The Morgan fingerprint density at radius 3 is 2.40 bits per heavy atom. The second-order valence-electron chi connectivity index (χ2n) is 6.52. The van der Waals surface area contributed by atoms with Gasteiger partial charge in [0.2, 0.25) is 11.1 Å². The average Bonchev–Trinajstić information content (AvgIpc) is 2.77. The van der Waals surface area contributed by atoms with Gasteiger partial charge in [0.05, 0.1) is 12.9 Å². The molecule has 0 atom stereocenters. The smallest absolute Gasteiger partial charge is 0.294 e. The molecule has 0 aliphatic heterocycles. The van der Waals surface area contributed by atoms with Crippen LogP contribution in [0.2, 0.25) is 0 Å². The molecule has 1 amide bonds. The minimum Gasteiger partial charge on any atom is -0.497 e. The van der Waals surface area contributed by atoms with Crippen molar-refractivity contribution in [1.29, 1.82) is 0 Å². The van der Waals surface area contributed by atoms with Gasteiger partial charge < -0.3 is 15.9 Å². The van der Waals surface area contributed by atoms with E-state index in [2.05, 4.69) is 22.4 Å². The molecule has 8 nitrogen and oxygen atoms in total.